The predicted molar refractivity (Wildman–Crippen MR) is 89.8 cm³/mol. The molecule has 2 aliphatic rings. The Morgan fingerprint density at radius 2 is 1.96 bits per heavy atom. The van der Waals surface area contributed by atoms with Crippen LogP contribution in [0, 0.1) is 0 Å². The number of carbonyl (C=O) groups excluding carboxylic acids is 1. The molecular weight excluding hydrogens is 290 g/mol. The molecule has 1 amide bonds. The highest BCUT2D eigenvalue weighted by Crippen LogP contribution is 2.27. The summed E-state index contributed by atoms with van der Waals surface area (Å²) in [6.07, 6.45) is 3.94. The molecule has 0 unspecified atom stereocenters. The number of ether oxygens (including phenoxy) is 2. The summed E-state index contributed by atoms with van der Waals surface area (Å²) in [5, 5.41) is 0. The van der Waals surface area contributed by atoms with Crippen molar-refractivity contribution in [1.29, 1.82) is 0 Å². The number of hydrogen-bond acceptors (Lipinski definition) is 3. The second-order valence-corrected chi connectivity index (χ2v) is 6.80. The van der Waals surface area contributed by atoms with E-state index in [0.717, 1.165) is 18.6 Å². The average molecular weight is 317 g/mol. The van der Waals surface area contributed by atoms with E-state index in [1.807, 2.05) is 31.7 Å². The summed E-state index contributed by atoms with van der Waals surface area (Å²) in [4.78, 5) is 14.7. The number of rotatable bonds is 4. The van der Waals surface area contributed by atoms with Gasteiger partial charge in [0.25, 0.3) is 5.91 Å². The molecule has 0 N–H and O–H groups in total. The van der Waals surface area contributed by atoms with E-state index in [1.165, 1.54) is 17.5 Å². The third kappa shape index (κ3) is 3.69. The standard InChI is InChI=1S/C19H27NO3/c1-4-18(19(21)20-11-13(2)22-14(3)12-20)23-17-9-8-15-6-5-7-16(15)10-17/h8-10,13-14,18H,4-7,11-12H2,1-3H3/t13-,14+,18-/m1/s1. The zero-order valence-electron chi connectivity index (χ0n) is 14.4. The Hall–Kier alpha value is -1.55. The second-order valence-electron chi connectivity index (χ2n) is 6.80. The van der Waals surface area contributed by atoms with E-state index in [-0.39, 0.29) is 18.1 Å². The molecule has 1 aliphatic heterocycles. The third-order valence-corrected chi connectivity index (χ3v) is 4.73. The fourth-order valence-corrected chi connectivity index (χ4v) is 3.66. The highest BCUT2D eigenvalue weighted by molar-refractivity contribution is 5.81. The minimum absolute atomic E-state index is 0.0787. The van der Waals surface area contributed by atoms with E-state index in [9.17, 15) is 4.79 Å². The molecule has 0 spiro atoms. The van der Waals surface area contributed by atoms with Gasteiger partial charge in [0.05, 0.1) is 12.2 Å². The Morgan fingerprint density at radius 3 is 2.65 bits per heavy atom. The molecule has 0 saturated carbocycles. The monoisotopic (exact) mass is 317 g/mol. The number of nitrogens with zero attached hydrogens (tertiary/aromatic N) is 1. The van der Waals surface area contributed by atoms with Crippen molar-refractivity contribution in [2.24, 2.45) is 0 Å². The number of hydrogen-bond donors (Lipinski definition) is 0. The summed E-state index contributed by atoms with van der Waals surface area (Å²) in [6, 6.07) is 6.27. The Morgan fingerprint density at radius 1 is 1.26 bits per heavy atom. The van der Waals surface area contributed by atoms with Gasteiger partial charge in [0.2, 0.25) is 0 Å². The van der Waals surface area contributed by atoms with Crippen LogP contribution < -0.4 is 4.74 Å². The Bertz CT molecular complexity index is 562. The molecule has 1 fully saturated rings. The first-order valence-corrected chi connectivity index (χ1v) is 8.79. The van der Waals surface area contributed by atoms with Crippen LogP contribution in [0.5, 0.6) is 5.75 Å². The summed E-state index contributed by atoms with van der Waals surface area (Å²) < 4.78 is 11.8. The smallest absolute Gasteiger partial charge is 0.263 e. The molecule has 0 bridgehead atoms. The van der Waals surface area contributed by atoms with Crippen molar-refractivity contribution < 1.29 is 14.3 Å². The number of morpholine rings is 1. The molecule has 3 rings (SSSR count). The van der Waals surface area contributed by atoms with Gasteiger partial charge in [-0.15, -0.1) is 0 Å². The van der Waals surface area contributed by atoms with Gasteiger partial charge in [0.1, 0.15) is 5.75 Å². The van der Waals surface area contributed by atoms with Crippen molar-refractivity contribution in [2.75, 3.05) is 13.1 Å². The first kappa shape index (κ1) is 16.3. The number of aryl methyl sites for hydroxylation is 2. The normalized spacial score (nSPS) is 25.1. The summed E-state index contributed by atoms with van der Waals surface area (Å²) in [5.41, 5.74) is 2.80. The van der Waals surface area contributed by atoms with Gasteiger partial charge in [-0.2, -0.15) is 0 Å². The topological polar surface area (TPSA) is 38.8 Å². The molecule has 4 heteroatoms. The van der Waals surface area contributed by atoms with Crippen molar-refractivity contribution >= 4 is 5.91 Å². The fourth-order valence-electron chi connectivity index (χ4n) is 3.66. The van der Waals surface area contributed by atoms with Crippen molar-refractivity contribution in [3.05, 3.63) is 29.3 Å². The molecule has 23 heavy (non-hydrogen) atoms. The van der Waals surface area contributed by atoms with E-state index in [1.54, 1.807) is 0 Å². The van der Waals surface area contributed by atoms with Crippen molar-refractivity contribution in [3.63, 3.8) is 0 Å². The lowest BCUT2D eigenvalue weighted by atomic mass is 10.1. The first-order chi connectivity index (χ1) is 11.1. The van der Waals surface area contributed by atoms with Crippen molar-refractivity contribution in [2.45, 2.75) is 64.8 Å². The quantitative estimate of drug-likeness (QED) is 0.857. The molecule has 3 atom stereocenters. The number of amides is 1. The molecule has 0 aromatic heterocycles. The highest BCUT2D eigenvalue weighted by Gasteiger charge is 2.31. The summed E-state index contributed by atoms with van der Waals surface area (Å²) >= 11 is 0. The van der Waals surface area contributed by atoms with Gasteiger partial charge in [0, 0.05) is 13.1 Å². The summed E-state index contributed by atoms with van der Waals surface area (Å²) in [5.74, 6) is 0.898. The van der Waals surface area contributed by atoms with E-state index < -0.39 is 6.10 Å². The van der Waals surface area contributed by atoms with Gasteiger partial charge >= 0.3 is 0 Å². The summed E-state index contributed by atoms with van der Waals surface area (Å²) in [6.45, 7) is 7.32. The first-order valence-electron chi connectivity index (χ1n) is 8.79. The van der Waals surface area contributed by atoms with Crippen LogP contribution in [-0.4, -0.2) is 42.2 Å². The largest absolute Gasteiger partial charge is 0.481 e. The van der Waals surface area contributed by atoms with Crippen LogP contribution in [0.15, 0.2) is 18.2 Å². The van der Waals surface area contributed by atoms with Gasteiger partial charge in [-0.25, -0.2) is 0 Å². The Kier molecular flexibility index (Phi) is 4.90. The molecule has 1 aromatic carbocycles. The van der Waals surface area contributed by atoms with Gasteiger partial charge in [-0.05, 0) is 62.8 Å². The summed E-state index contributed by atoms with van der Waals surface area (Å²) in [7, 11) is 0. The van der Waals surface area contributed by atoms with Gasteiger partial charge in [-0.1, -0.05) is 13.0 Å². The van der Waals surface area contributed by atoms with Crippen LogP contribution in [0.4, 0.5) is 0 Å². The highest BCUT2D eigenvalue weighted by atomic mass is 16.5. The minimum atomic E-state index is -0.410. The van der Waals surface area contributed by atoms with Crippen LogP contribution >= 0.6 is 0 Å². The average Bonchev–Trinajstić information content (AvgIpc) is 2.98. The van der Waals surface area contributed by atoms with Crippen LogP contribution in [0.25, 0.3) is 0 Å². The molecular formula is C19H27NO3. The minimum Gasteiger partial charge on any atom is -0.481 e. The maximum atomic E-state index is 12.8. The Labute approximate surface area is 138 Å². The van der Waals surface area contributed by atoms with Crippen LogP contribution in [0.2, 0.25) is 0 Å². The maximum absolute atomic E-state index is 12.8. The maximum Gasteiger partial charge on any atom is 0.263 e. The predicted octanol–water partition coefficient (Wildman–Crippen LogP) is 2.97. The lowest BCUT2D eigenvalue weighted by Gasteiger charge is -2.37. The van der Waals surface area contributed by atoms with Crippen LogP contribution in [0.3, 0.4) is 0 Å². The molecule has 1 heterocycles. The lowest BCUT2D eigenvalue weighted by Crippen LogP contribution is -2.52. The molecule has 126 valence electrons. The van der Waals surface area contributed by atoms with Gasteiger partial charge in [0.15, 0.2) is 6.10 Å². The van der Waals surface area contributed by atoms with Gasteiger partial charge in [-0.3, -0.25) is 4.79 Å². The van der Waals surface area contributed by atoms with Crippen LogP contribution in [-0.2, 0) is 22.4 Å². The lowest BCUT2D eigenvalue weighted by molar-refractivity contribution is -0.150. The second kappa shape index (κ2) is 6.91. The van der Waals surface area contributed by atoms with Crippen molar-refractivity contribution in [3.8, 4) is 5.75 Å². The molecule has 1 aliphatic carbocycles. The molecule has 1 aromatic rings. The van der Waals surface area contributed by atoms with E-state index in [2.05, 4.69) is 12.1 Å². The zero-order valence-corrected chi connectivity index (χ0v) is 14.4. The van der Waals surface area contributed by atoms with Gasteiger partial charge < -0.3 is 14.4 Å². The third-order valence-electron chi connectivity index (χ3n) is 4.73. The molecule has 4 nitrogen and oxygen atoms in total. The fraction of sp³-hybridized carbons (Fsp3) is 0.632. The van der Waals surface area contributed by atoms with E-state index in [4.69, 9.17) is 9.47 Å². The number of carbonyl (C=O) groups is 1. The van der Waals surface area contributed by atoms with Crippen molar-refractivity contribution in [1.82, 2.24) is 4.90 Å². The van der Waals surface area contributed by atoms with E-state index in [0.29, 0.717) is 19.5 Å². The molecule has 0 radical (unpaired) electrons. The SMILES string of the molecule is CC[C@@H](Oc1ccc2c(c1)CCC2)C(=O)N1C[C@@H](C)O[C@@H](C)C1. The zero-order chi connectivity index (χ0) is 16.4. The Balaban J connectivity index is 1.68. The number of fused-ring (bicyclic) bond motifs is 1. The van der Waals surface area contributed by atoms with E-state index >= 15 is 0 Å². The molecule has 1 saturated heterocycles. The van der Waals surface area contributed by atoms with Crippen LogP contribution in [0.1, 0.15) is 44.7 Å². The number of benzene rings is 1.